The van der Waals surface area contributed by atoms with E-state index in [9.17, 15) is 9.59 Å². The van der Waals surface area contributed by atoms with Crippen molar-refractivity contribution in [2.75, 3.05) is 11.8 Å². The van der Waals surface area contributed by atoms with Gasteiger partial charge in [-0.2, -0.15) is 0 Å². The molecule has 0 fully saturated rings. The van der Waals surface area contributed by atoms with Gasteiger partial charge in [-0.25, -0.2) is 0 Å². The molecule has 0 aliphatic rings. The summed E-state index contributed by atoms with van der Waals surface area (Å²) >= 11 is 9.02. The number of alkyl halides is 2. The van der Waals surface area contributed by atoms with E-state index in [4.69, 9.17) is 33.4 Å². The predicted molar refractivity (Wildman–Crippen MR) is 60.1 cm³/mol. The fourth-order valence-corrected chi connectivity index (χ4v) is 0. The van der Waals surface area contributed by atoms with E-state index in [0.717, 1.165) is 0 Å². The summed E-state index contributed by atoms with van der Waals surface area (Å²) in [5.41, 5.74) is 0. The van der Waals surface area contributed by atoms with Gasteiger partial charge in [0.2, 0.25) is 0 Å². The maximum atomic E-state index is 9.24. The van der Waals surface area contributed by atoms with E-state index in [-0.39, 0.29) is 11.8 Å². The number of hydrogen-bond acceptors (Lipinski definition) is 2. The van der Waals surface area contributed by atoms with Gasteiger partial charge in [0, 0.05) is 0 Å². The average molecular weight is 356 g/mol. The van der Waals surface area contributed by atoms with E-state index >= 15 is 0 Å². The summed E-state index contributed by atoms with van der Waals surface area (Å²) in [5.74, 6) is -2.57. The van der Waals surface area contributed by atoms with E-state index < -0.39 is 32.1 Å². The van der Waals surface area contributed by atoms with Crippen LogP contribution in [0.15, 0.2) is 0 Å². The quantitative estimate of drug-likeness (QED) is 0.587. The van der Waals surface area contributed by atoms with Crippen LogP contribution in [0, 0.1) is 0 Å². The Bertz CT molecular complexity index is 136. The molecule has 0 amide bonds. The second-order valence-electron chi connectivity index (χ2n) is 2.40. The van der Waals surface area contributed by atoms with Gasteiger partial charge >= 0.3 is 46.8 Å². The molecule has 0 rings (SSSR count). The zero-order chi connectivity index (χ0) is 12.1. The normalized spacial score (nSPS) is 7.86. The van der Waals surface area contributed by atoms with Crippen LogP contribution in [-0.2, 0) is 9.59 Å². The van der Waals surface area contributed by atoms with Gasteiger partial charge in [0.15, 0.2) is 0 Å². The van der Waals surface area contributed by atoms with Gasteiger partial charge in [-0.1, -0.05) is 0 Å². The molecule has 0 aromatic carbocycles. The van der Waals surface area contributed by atoms with E-state index in [1.165, 1.54) is 0 Å². The van der Waals surface area contributed by atoms with Crippen LogP contribution >= 0.6 is 23.2 Å². The summed E-state index contributed by atoms with van der Waals surface area (Å²) in [6, 6.07) is 0. The number of halogens is 2. The van der Waals surface area contributed by atoms with Crippen LogP contribution < -0.4 is 0 Å². The Morgan fingerprint density at radius 2 is 1.07 bits per heavy atom. The number of carboxylic acid groups (broad SMARTS) is 2. The van der Waals surface area contributed by atoms with Gasteiger partial charge in [-0.05, 0) is 0 Å². The second kappa shape index (κ2) is 15.8. The van der Waals surface area contributed by atoms with Crippen molar-refractivity contribution >= 4 is 55.4 Å². The molecule has 4 nitrogen and oxygen atoms in total. The first-order valence-electron chi connectivity index (χ1n) is 3.44. The van der Waals surface area contributed by atoms with Crippen LogP contribution in [0.4, 0.5) is 0 Å². The van der Waals surface area contributed by atoms with Gasteiger partial charge in [0.25, 0.3) is 0 Å². The average Bonchev–Trinajstić information content (AvgIpc) is 2.04. The molecule has 86 valence electrons. The molecule has 0 unspecified atom stereocenters. The second-order valence-corrected chi connectivity index (χ2v) is 10.6. The van der Waals surface area contributed by atoms with Gasteiger partial charge in [0.1, 0.15) is 11.8 Å². The molecular formula is C7H15Cl2O4Sb. The molecule has 0 atom stereocenters. The van der Waals surface area contributed by atoms with Crippen LogP contribution in [0.5, 0.6) is 0 Å². The monoisotopic (exact) mass is 354 g/mol. The number of hydrogen-bond donors (Lipinski definition) is 2. The Hall–Kier alpha value is 0.338. The molecule has 2 N–H and O–H groups in total. The van der Waals surface area contributed by atoms with Gasteiger partial charge < -0.3 is 10.2 Å². The fourth-order valence-electron chi connectivity index (χ4n) is 0. The maximum absolute atomic E-state index is 9.24. The molecule has 7 heteroatoms. The number of carboxylic acids is 2. The van der Waals surface area contributed by atoms with Crippen molar-refractivity contribution in [3.05, 3.63) is 0 Å². The summed E-state index contributed by atoms with van der Waals surface area (Å²) in [4.78, 5) is 25.5. The molecule has 0 heterocycles. The molecule has 0 aliphatic heterocycles. The van der Waals surface area contributed by atoms with Crippen molar-refractivity contribution < 1.29 is 19.8 Å². The first-order chi connectivity index (χ1) is 6.27. The molecule has 14 heavy (non-hydrogen) atoms. The van der Waals surface area contributed by atoms with Crippen molar-refractivity contribution in [1.82, 2.24) is 0 Å². The first kappa shape index (κ1) is 19.8. The molecule has 0 radical (unpaired) electrons. The summed E-state index contributed by atoms with van der Waals surface area (Å²) in [5, 5.41) is 15.2. The zero-order valence-corrected chi connectivity index (χ0v) is 12.4. The van der Waals surface area contributed by atoms with Crippen molar-refractivity contribution in [2.45, 2.75) is 14.6 Å². The third-order valence-electron chi connectivity index (χ3n) is 0.229. The third-order valence-corrected chi connectivity index (χ3v) is 0.686. The van der Waals surface area contributed by atoms with Crippen molar-refractivity contribution in [2.24, 2.45) is 0 Å². The van der Waals surface area contributed by atoms with E-state index in [1.807, 2.05) is 0 Å². The first-order valence-corrected chi connectivity index (χ1v) is 12.2. The Morgan fingerprint density at radius 3 is 1.07 bits per heavy atom. The van der Waals surface area contributed by atoms with Gasteiger partial charge in [0.05, 0.1) is 0 Å². The third kappa shape index (κ3) is 84.3. The Kier molecular flexibility index (Phi) is 22.4. The summed E-state index contributed by atoms with van der Waals surface area (Å²) in [6.07, 6.45) is 0. The van der Waals surface area contributed by atoms with E-state index in [1.54, 1.807) is 0 Å². The number of carbonyl (C=O) groups is 2. The number of aliphatic carboxylic acids is 2. The summed E-state index contributed by atoms with van der Waals surface area (Å²) < 4.78 is 0. The van der Waals surface area contributed by atoms with E-state index in [0.29, 0.717) is 0 Å². The Balaban J connectivity index is -0.000000131. The van der Waals surface area contributed by atoms with Gasteiger partial charge in [-0.3, -0.25) is 9.59 Å². The SMILES string of the molecule is O=C(O)CCl.O=C(O)CCl.[CH3][Sb]([CH3])[CH3]. The predicted octanol–water partition coefficient (Wildman–Crippen LogP) is 1.99. The van der Waals surface area contributed by atoms with Crippen molar-refractivity contribution in [3.8, 4) is 0 Å². The summed E-state index contributed by atoms with van der Waals surface area (Å²) in [6.45, 7) is 0. The summed E-state index contributed by atoms with van der Waals surface area (Å²) in [7, 11) is 0. The molecule has 0 aliphatic carbocycles. The molecule has 0 saturated heterocycles. The number of rotatable bonds is 2. The van der Waals surface area contributed by atoms with Crippen LogP contribution in [-0.4, -0.2) is 54.1 Å². The molecule has 0 aromatic heterocycles. The van der Waals surface area contributed by atoms with Crippen molar-refractivity contribution in [3.63, 3.8) is 0 Å². The van der Waals surface area contributed by atoms with Crippen LogP contribution in [0.25, 0.3) is 0 Å². The van der Waals surface area contributed by atoms with Crippen LogP contribution in [0.2, 0.25) is 14.6 Å². The molecular weight excluding hydrogens is 341 g/mol. The fraction of sp³-hybridized carbons (Fsp3) is 0.714. The molecule has 0 bridgehead atoms. The molecule has 0 spiro atoms. The molecule has 0 aromatic rings. The van der Waals surface area contributed by atoms with Crippen LogP contribution in [0.1, 0.15) is 0 Å². The van der Waals surface area contributed by atoms with E-state index in [2.05, 4.69) is 14.6 Å². The minimum absolute atomic E-state index is 0.306. The topological polar surface area (TPSA) is 74.6 Å². The zero-order valence-electron chi connectivity index (χ0n) is 8.33. The molecule has 0 saturated carbocycles. The van der Waals surface area contributed by atoms with Gasteiger partial charge in [-0.15, -0.1) is 23.2 Å². The standard InChI is InChI=1S/2C2H3ClO2.3CH3.Sb/c2*3-1-2(4)5;;;;/h2*1H2,(H,4,5);3*1H3;. The Labute approximate surface area is 101 Å². The van der Waals surface area contributed by atoms with Crippen molar-refractivity contribution in [1.29, 1.82) is 0 Å². The Morgan fingerprint density at radius 1 is 1.00 bits per heavy atom. The minimum atomic E-state index is -0.980. The van der Waals surface area contributed by atoms with Crippen LogP contribution in [0.3, 0.4) is 0 Å².